The van der Waals surface area contributed by atoms with Crippen molar-refractivity contribution < 1.29 is 4.79 Å². The molecule has 1 atom stereocenters. The molecule has 0 bridgehead atoms. The van der Waals surface area contributed by atoms with E-state index in [-0.39, 0.29) is 12.1 Å². The number of nitrogens with one attached hydrogen (secondary N) is 2. The van der Waals surface area contributed by atoms with Crippen molar-refractivity contribution in [3.8, 4) is 0 Å². The summed E-state index contributed by atoms with van der Waals surface area (Å²) in [5.41, 5.74) is 0. The SMILES string of the molecule is CCCNC(=O)NC(C)CSC. The molecule has 3 nitrogen and oxygen atoms in total. The standard InChI is InChI=1S/C8H18N2OS/c1-4-5-9-8(11)10-7(2)6-12-3/h7H,4-6H2,1-3H3,(H2,9,10,11). The molecule has 0 heterocycles. The van der Waals surface area contributed by atoms with Crippen LogP contribution in [0.1, 0.15) is 20.3 Å². The van der Waals surface area contributed by atoms with Crippen molar-refractivity contribution in [3.05, 3.63) is 0 Å². The van der Waals surface area contributed by atoms with Gasteiger partial charge in [-0.3, -0.25) is 0 Å². The molecule has 12 heavy (non-hydrogen) atoms. The minimum Gasteiger partial charge on any atom is -0.338 e. The predicted molar refractivity (Wildman–Crippen MR) is 54.7 cm³/mol. The average Bonchev–Trinajstić information content (AvgIpc) is 2.01. The molecule has 0 aromatic heterocycles. The number of carbonyl (C=O) groups is 1. The zero-order valence-electron chi connectivity index (χ0n) is 8.02. The number of rotatable bonds is 5. The van der Waals surface area contributed by atoms with Gasteiger partial charge in [0.05, 0.1) is 0 Å². The summed E-state index contributed by atoms with van der Waals surface area (Å²) in [6.07, 6.45) is 3.01. The molecule has 0 rings (SSSR count). The molecule has 2 N–H and O–H groups in total. The number of amides is 2. The Hall–Kier alpha value is -0.380. The predicted octanol–water partition coefficient (Wildman–Crippen LogP) is 1.45. The maximum Gasteiger partial charge on any atom is 0.315 e. The van der Waals surface area contributed by atoms with Crippen LogP contribution < -0.4 is 10.6 Å². The van der Waals surface area contributed by atoms with Crippen LogP contribution >= 0.6 is 11.8 Å². The van der Waals surface area contributed by atoms with Gasteiger partial charge in [-0.1, -0.05) is 6.92 Å². The van der Waals surface area contributed by atoms with Gasteiger partial charge in [0.2, 0.25) is 0 Å². The minimum atomic E-state index is -0.0570. The van der Waals surface area contributed by atoms with Crippen molar-refractivity contribution in [3.63, 3.8) is 0 Å². The second-order valence-corrected chi connectivity index (χ2v) is 3.67. The van der Waals surface area contributed by atoms with Gasteiger partial charge in [0.15, 0.2) is 0 Å². The summed E-state index contributed by atoms with van der Waals surface area (Å²) >= 11 is 1.73. The van der Waals surface area contributed by atoms with E-state index in [1.54, 1.807) is 11.8 Å². The lowest BCUT2D eigenvalue weighted by atomic mass is 10.4. The zero-order valence-corrected chi connectivity index (χ0v) is 8.83. The van der Waals surface area contributed by atoms with E-state index in [1.807, 2.05) is 20.1 Å². The maximum absolute atomic E-state index is 11.1. The third-order valence-electron chi connectivity index (χ3n) is 1.33. The highest BCUT2D eigenvalue weighted by Gasteiger charge is 2.04. The molecule has 0 saturated heterocycles. The number of urea groups is 1. The summed E-state index contributed by atoms with van der Waals surface area (Å²) < 4.78 is 0. The Balaban J connectivity index is 3.40. The van der Waals surface area contributed by atoms with E-state index in [0.29, 0.717) is 0 Å². The molecule has 2 amide bonds. The summed E-state index contributed by atoms with van der Waals surface area (Å²) in [5.74, 6) is 0.958. The van der Waals surface area contributed by atoms with E-state index in [2.05, 4.69) is 10.6 Å². The van der Waals surface area contributed by atoms with Crippen molar-refractivity contribution >= 4 is 17.8 Å². The molecule has 1 unspecified atom stereocenters. The molecular weight excluding hydrogens is 172 g/mol. The maximum atomic E-state index is 11.1. The monoisotopic (exact) mass is 190 g/mol. The van der Waals surface area contributed by atoms with Crippen molar-refractivity contribution in [2.24, 2.45) is 0 Å². The topological polar surface area (TPSA) is 41.1 Å². The highest BCUT2D eigenvalue weighted by Crippen LogP contribution is 1.95. The Morgan fingerprint density at radius 3 is 2.75 bits per heavy atom. The van der Waals surface area contributed by atoms with Crippen LogP contribution in [-0.2, 0) is 0 Å². The molecule has 0 fully saturated rings. The smallest absolute Gasteiger partial charge is 0.315 e. The average molecular weight is 190 g/mol. The lowest BCUT2D eigenvalue weighted by Crippen LogP contribution is -2.42. The van der Waals surface area contributed by atoms with Gasteiger partial charge in [-0.05, 0) is 19.6 Å². The van der Waals surface area contributed by atoms with Gasteiger partial charge < -0.3 is 10.6 Å². The number of thioether (sulfide) groups is 1. The second kappa shape index (κ2) is 7.28. The van der Waals surface area contributed by atoms with Gasteiger partial charge in [-0.15, -0.1) is 0 Å². The summed E-state index contributed by atoms with van der Waals surface area (Å²) in [6.45, 7) is 4.78. The van der Waals surface area contributed by atoms with Gasteiger partial charge in [0.25, 0.3) is 0 Å². The van der Waals surface area contributed by atoms with E-state index in [4.69, 9.17) is 0 Å². The van der Waals surface area contributed by atoms with E-state index in [0.717, 1.165) is 18.7 Å². The van der Waals surface area contributed by atoms with Crippen molar-refractivity contribution in [2.45, 2.75) is 26.3 Å². The fraction of sp³-hybridized carbons (Fsp3) is 0.875. The molecule has 0 aliphatic rings. The van der Waals surface area contributed by atoms with E-state index >= 15 is 0 Å². The van der Waals surface area contributed by atoms with E-state index in [1.165, 1.54) is 0 Å². The molecule has 0 spiro atoms. The summed E-state index contributed by atoms with van der Waals surface area (Å²) in [5, 5.41) is 5.61. The van der Waals surface area contributed by atoms with Crippen molar-refractivity contribution in [1.29, 1.82) is 0 Å². The molecule has 0 aliphatic carbocycles. The number of hydrogen-bond donors (Lipinski definition) is 2. The summed E-state index contributed by atoms with van der Waals surface area (Å²) in [4.78, 5) is 11.1. The van der Waals surface area contributed by atoms with Crippen LogP contribution in [0.15, 0.2) is 0 Å². The Morgan fingerprint density at radius 2 is 2.25 bits per heavy atom. The minimum absolute atomic E-state index is 0.0570. The van der Waals surface area contributed by atoms with Gasteiger partial charge >= 0.3 is 6.03 Å². The Labute approximate surface area is 78.7 Å². The molecule has 0 aliphatic heterocycles. The zero-order chi connectivity index (χ0) is 9.40. The van der Waals surface area contributed by atoms with Crippen LogP contribution in [0.2, 0.25) is 0 Å². The first kappa shape index (κ1) is 11.6. The third kappa shape index (κ3) is 6.34. The molecule has 4 heteroatoms. The highest BCUT2D eigenvalue weighted by molar-refractivity contribution is 7.98. The fourth-order valence-corrected chi connectivity index (χ4v) is 1.39. The Kier molecular flexibility index (Phi) is 7.05. The first-order chi connectivity index (χ1) is 5.70. The normalized spacial score (nSPS) is 12.2. The molecule has 0 aromatic rings. The number of carbonyl (C=O) groups excluding carboxylic acids is 1. The van der Waals surface area contributed by atoms with Gasteiger partial charge in [0.1, 0.15) is 0 Å². The summed E-state index contributed by atoms with van der Waals surface area (Å²) in [7, 11) is 0. The Bertz CT molecular complexity index is 130. The van der Waals surface area contributed by atoms with Crippen LogP contribution in [0.5, 0.6) is 0 Å². The lowest BCUT2D eigenvalue weighted by Gasteiger charge is -2.12. The van der Waals surface area contributed by atoms with Crippen LogP contribution in [-0.4, -0.2) is 30.6 Å². The largest absolute Gasteiger partial charge is 0.338 e. The number of hydrogen-bond acceptors (Lipinski definition) is 2. The molecular formula is C8H18N2OS. The fourth-order valence-electron chi connectivity index (χ4n) is 0.805. The highest BCUT2D eigenvalue weighted by atomic mass is 32.2. The second-order valence-electron chi connectivity index (χ2n) is 2.76. The Morgan fingerprint density at radius 1 is 1.58 bits per heavy atom. The van der Waals surface area contributed by atoms with Gasteiger partial charge in [0, 0.05) is 18.3 Å². The van der Waals surface area contributed by atoms with Crippen molar-refractivity contribution in [1.82, 2.24) is 10.6 Å². The molecule has 0 saturated carbocycles. The van der Waals surface area contributed by atoms with Crippen LogP contribution in [0, 0.1) is 0 Å². The van der Waals surface area contributed by atoms with Gasteiger partial charge in [-0.2, -0.15) is 11.8 Å². The van der Waals surface area contributed by atoms with E-state index in [9.17, 15) is 4.79 Å². The quantitative estimate of drug-likeness (QED) is 0.689. The first-order valence-corrected chi connectivity index (χ1v) is 5.63. The lowest BCUT2D eigenvalue weighted by molar-refractivity contribution is 0.239. The van der Waals surface area contributed by atoms with Crippen molar-refractivity contribution in [2.75, 3.05) is 18.6 Å². The molecule has 0 aromatic carbocycles. The van der Waals surface area contributed by atoms with E-state index < -0.39 is 0 Å². The first-order valence-electron chi connectivity index (χ1n) is 4.24. The molecule has 72 valence electrons. The van der Waals surface area contributed by atoms with Crippen LogP contribution in [0.3, 0.4) is 0 Å². The molecule has 0 radical (unpaired) electrons. The summed E-state index contributed by atoms with van der Waals surface area (Å²) in [6, 6.07) is 0.190. The van der Waals surface area contributed by atoms with Crippen LogP contribution in [0.25, 0.3) is 0 Å². The van der Waals surface area contributed by atoms with Crippen LogP contribution in [0.4, 0.5) is 4.79 Å². The third-order valence-corrected chi connectivity index (χ3v) is 2.16. The van der Waals surface area contributed by atoms with Gasteiger partial charge in [-0.25, -0.2) is 4.79 Å².